The van der Waals surface area contributed by atoms with Gasteiger partial charge in [-0.05, 0) is 47.9 Å². The highest BCUT2D eigenvalue weighted by Crippen LogP contribution is 2.27. The zero-order chi connectivity index (χ0) is 20.6. The van der Waals surface area contributed by atoms with Crippen LogP contribution in [0.25, 0.3) is 0 Å². The Kier molecular flexibility index (Phi) is 6.73. The Morgan fingerprint density at radius 1 is 1.10 bits per heavy atom. The maximum Gasteiger partial charge on any atom is 0.214 e. The molecule has 2 aromatic heterocycles. The van der Waals surface area contributed by atoms with E-state index in [1.807, 2.05) is 49.3 Å². The number of hydrogen-bond acceptors (Lipinski definition) is 5. The summed E-state index contributed by atoms with van der Waals surface area (Å²) in [4.78, 5) is 24.1. The second-order valence-corrected chi connectivity index (χ2v) is 6.83. The molecule has 0 unspecified atom stereocenters. The molecule has 0 aliphatic carbocycles. The summed E-state index contributed by atoms with van der Waals surface area (Å²) in [6.07, 6.45) is 4.85. The number of aromatic nitrogens is 2. The van der Waals surface area contributed by atoms with Gasteiger partial charge in [-0.1, -0.05) is 18.2 Å². The summed E-state index contributed by atoms with van der Waals surface area (Å²) in [7, 11) is 3.82. The van der Waals surface area contributed by atoms with Gasteiger partial charge >= 0.3 is 0 Å². The topological polar surface area (TPSA) is 61.4 Å². The van der Waals surface area contributed by atoms with Crippen LogP contribution in [0.5, 0.6) is 0 Å². The van der Waals surface area contributed by atoms with Gasteiger partial charge in [0.15, 0.2) is 5.82 Å². The van der Waals surface area contributed by atoms with Crippen molar-refractivity contribution in [1.82, 2.24) is 9.97 Å². The van der Waals surface area contributed by atoms with Crippen LogP contribution >= 0.6 is 0 Å². The third kappa shape index (κ3) is 5.51. The first-order valence-corrected chi connectivity index (χ1v) is 9.34. The molecule has 2 heterocycles. The zero-order valence-corrected chi connectivity index (χ0v) is 16.5. The zero-order valence-electron chi connectivity index (χ0n) is 16.5. The van der Waals surface area contributed by atoms with Gasteiger partial charge in [0.2, 0.25) is 6.41 Å². The minimum absolute atomic E-state index is 0.250. The number of carbonyl (C=O) groups excluding carboxylic acids is 1. The number of anilines is 3. The maximum atomic E-state index is 13.4. The number of amides is 1. The molecule has 0 radical (unpaired) electrons. The van der Waals surface area contributed by atoms with E-state index in [-0.39, 0.29) is 5.82 Å². The van der Waals surface area contributed by atoms with Crippen molar-refractivity contribution in [1.29, 1.82) is 0 Å². The Balaban J connectivity index is 1.80. The summed E-state index contributed by atoms with van der Waals surface area (Å²) >= 11 is 0. The summed E-state index contributed by atoms with van der Waals surface area (Å²) in [5, 5.41) is 3.30. The number of nitrogens with zero attached hydrogens (tertiary/aromatic N) is 4. The van der Waals surface area contributed by atoms with Gasteiger partial charge in [0, 0.05) is 33.0 Å². The molecule has 0 fully saturated rings. The van der Waals surface area contributed by atoms with Crippen molar-refractivity contribution in [3.8, 4) is 0 Å². The molecule has 7 heteroatoms. The van der Waals surface area contributed by atoms with Gasteiger partial charge in [0.1, 0.15) is 11.6 Å². The largest absolute Gasteiger partial charge is 0.368 e. The lowest BCUT2D eigenvalue weighted by Gasteiger charge is -2.23. The number of pyridine rings is 2. The Morgan fingerprint density at radius 3 is 2.62 bits per heavy atom. The molecule has 0 spiro atoms. The first kappa shape index (κ1) is 20.3. The minimum atomic E-state index is -0.250. The summed E-state index contributed by atoms with van der Waals surface area (Å²) in [5.74, 6) is 1.12. The number of carbonyl (C=O) groups is 1. The van der Waals surface area contributed by atoms with E-state index in [9.17, 15) is 9.18 Å². The van der Waals surface area contributed by atoms with Gasteiger partial charge in [-0.15, -0.1) is 0 Å². The van der Waals surface area contributed by atoms with Gasteiger partial charge in [-0.2, -0.15) is 0 Å². The molecule has 0 saturated carbocycles. The second kappa shape index (κ2) is 9.64. The molecule has 6 nitrogen and oxygen atoms in total. The molecule has 1 N–H and O–H groups in total. The highest BCUT2D eigenvalue weighted by molar-refractivity contribution is 5.82. The molecule has 1 aromatic carbocycles. The first-order valence-electron chi connectivity index (χ1n) is 9.34. The van der Waals surface area contributed by atoms with Crippen LogP contribution in [0.2, 0.25) is 0 Å². The van der Waals surface area contributed by atoms with Crippen LogP contribution in [-0.2, 0) is 17.8 Å². The number of nitrogens with one attached hydrogen (secondary N) is 1. The molecule has 0 atom stereocenters. The van der Waals surface area contributed by atoms with Crippen LogP contribution in [0, 0.1) is 5.82 Å². The SMILES string of the molecule is CN(C)c1ccc(N(C=O)Cc2cccnc2)c(NCCc2cccc(F)c2)n1. The fraction of sp³-hybridized carbons (Fsp3) is 0.227. The summed E-state index contributed by atoms with van der Waals surface area (Å²) < 4.78 is 13.4. The smallest absolute Gasteiger partial charge is 0.214 e. The van der Waals surface area contributed by atoms with Gasteiger partial charge in [-0.3, -0.25) is 9.78 Å². The summed E-state index contributed by atoms with van der Waals surface area (Å²) in [6, 6.07) is 14.0. The highest BCUT2D eigenvalue weighted by atomic mass is 19.1. The van der Waals surface area contributed by atoms with E-state index in [4.69, 9.17) is 0 Å². The number of hydrogen-bond donors (Lipinski definition) is 1. The van der Waals surface area contributed by atoms with E-state index in [1.54, 1.807) is 23.4 Å². The lowest BCUT2D eigenvalue weighted by atomic mass is 10.1. The number of rotatable bonds is 9. The van der Waals surface area contributed by atoms with Gasteiger partial charge in [0.25, 0.3) is 0 Å². The molecule has 0 saturated heterocycles. The fourth-order valence-corrected chi connectivity index (χ4v) is 2.94. The molecule has 1 amide bonds. The quantitative estimate of drug-likeness (QED) is 0.564. The first-order chi connectivity index (χ1) is 14.1. The van der Waals surface area contributed by atoms with Crippen LogP contribution in [0.1, 0.15) is 11.1 Å². The van der Waals surface area contributed by atoms with Gasteiger partial charge < -0.3 is 15.1 Å². The van der Waals surface area contributed by atoms with E-state index < -0.39 is 0 Å². The van der Waals surface area contributed by atoms with Crippen LogP contribution < -0.4 is 15.1 Å². The molecule has 3 rings (SSSR count). The third-order valence-electron chi connectivity index (χ3n) is 4.42. The van der Waals surface area contributed by atoms with Crippen molar-refractivity contribution in [2.75, 3.05) is 35.8 Å². The van der Waals surface area contributed by atoms with Crippen molar-refractivity contribution >= 4 is 23.7 Å². The van der Waals surface area contributed by atoms with E-state index in [1.165, 1.54) is 12.1 Å². The molecule has 3 aromatic rings. The normalized spacial score (nSPS) is 10.4. The van der Waals surface area contributed by atoms with Crippen LogP contribution in [0.3, 0.4) is 0 Å². The summed E-state index contributed by atoms with van der Waals surface area (Å²) in [5.41, 5.74) is 2.49. The fourth-order valence-electron chi connectivity index (χ4n) is 2.94. The average Bonchev–Trinajstić information content (AvgIpc) is 2.73. The van der Waals surface area contributed by atoms with E-state index in [2.05, 4.69) is 15.3 Å². The average molecular weight is 393 g/mol. The predicted molar refractivity (Wildman–Crippen MR) is 114 cm³/mol. The Hall–Kier alpha value is -3.48. The van der Waals surface area contributed by atoms with Crippen LogP contribution in [-0.4, -0.2) is 37.0 Å². The standard InChI is InChI=1S/C22H24FN5O/c1-27(2)21-9-8-20(28(16-29)15-18-6-4-11-24-14-18)22(26-21)25-12-10-17-5-3-7-19(23)13-17/h3-9,11,13-14,16H,10,12,15H2,1-2H3,(H,25,26). The third-order valence-corrected chi connectivity index (χ3v) is 4.42. The summed E-state index contributed by atoms with van der Waals surface area (Å²) in [6.45, 7) is 0.943. The maximum absolute atomic E-state index is 13.4. The molecular formula is C22H24FN5O. The molecule has 0 aliphatic rings. The van der Waals surface area contributed by atoms with Gasteiger partial charge in [-0.25, -0.2) is 9.37 Å². The molecule has 0 aliphatic heterocycles. The van der Waals surface area contributed by atoms with Crippen LogP contribution in [0.4, 0.5) is 21.7 Å². The van der Waals surface area contributed by atoms with Crippen LogP contribution in [0.15, 0.2) is 60.9 Å². The van der Waals surface area contributed by atoms with Crippen molar-refractivity contribution in [2.24, 2.45) is 0 Å². The predicted octanol–water partition coefficient (Wildman–Crippen LogP) is 3.50. The molecular weight excluding hydrogens is 369 g/mol. The lowest BCUT2D eigenvalue weighted by Crippen LogP contribution is -2.23. The van der Waals surface area contributed by atoms with E-state index in [0.29, 0.717) is 31.0 Å². The second-order valence-electron chi connectivity index (χ2n) is 6.83. The molecule has 29 heavy (non-hydrogen) atoms. The van der Waals surface area contributed by atoms with E-state index in [0.717, 1.165) is 23.4 Å². The van der Waals surface area contributed by atoms with Crippen molar-refractivity contribution < 1.29 is 9.18 Å². The number of halogens is 1. The minimum Gasteiger partial charge on any atom is -0.368 e. The molecule has 150 valence electrons. The van der Waals surface area contributed by atoms with Crippen molar-refractivity contribution in [3.05, 3.63) is 77.9 Å². The van der Waals surface area contributed by atoms with Crippen molar-refractivity contribution in [2.45, 2.75) is 13.0 Å². The van der Waals surface area contributed by atoms with E-state index >= 15 is 0 Å². The number of benzene rings is 1. The van der Waals surface area contributed by atoms with Crippen molar-refractivity contribution in [3.63, 3.8) is 0 Å². The Labute approximate surface area is 170 Å². The highest BCUT2D eigenvalue weighted by Gasteiger charge is 2.14. The monoisotopic (exact) mass is 393 g/mol. The molecule has 0 bridgehead atoms. The van der Waals surface area contributed by atoms with Gasteiger partial charge in [0.05, 0.1) is 12.2 Å². The Bertz CT molecular complexity index is 949. The Morgan fingerprint density at radius 2 is 1.93 bits per heavy atom. The lowest BCUT2D eigenvalue weighted by molar-refractivity contribution is -0.107.